The van der Waals surface area contributed by atoms with Gasteiger partial charge in [0.2, 0.25) is 0 Å². The molecule has 0 amide bonds. The first-order chi connectivity index (χ1) is 7.83. The number of hydrogen-bond donors (Lipinski definition) is 0. The Kier molecular flexibility index (Phi) is 2.43. The van der Waals surface area contributed by atoms with Crippen LogP contribution >= 0.6 is 0 Å². The molecule has 0 bridgehead atoms. The fourth-order valence-electron chi connectivity index (χ4n) is 2.71. The van der Waals surface area contributed by atoms with Gasteiger partial charge in [0.05, 0.1) is 0 Å². The molecule has 16 heavy (non-hydrogen) atoms. The smallest absolute Gasteiger partial charge is 0.306 e. The number of benzene rings is 1. The maximum absolute atomic E-state index is 11.1. The average molecular weight is 216 g/mol. The average Bonchev–Trinajstić information content (AvgIpc) is 2.75. The first-order valence-corrected chi connectivity index (χ1v) is 6.14. The summed E-state index contributed by atoms with van der Waals surface area (Å²) in [4.78, 5) is 11.1. The molecule has 1 saturated heterocycles. The molecule has 3 rings (SSSR count). The van der Waals surface area contributed by atoms with E-state index in [1.165, 1.54) is 42.4 Å². The van der Waals surface area contributed by atoms with E-state index in [1.807, 2.05) is 0 Å². The van der Waals surface area contributed by atoms with Crippen LogP contribution in [0.25, 0.3) is 0 Å². The van der Waals surface area contributed by atoms with Gasteiger partial charge in [-0.1, -0.05) is 18.2 Å². The third-order valence-electron chi connectivity index (χ3n) is 3.63. The molecule has 1 aliphatic carbocycles. The monoisotopic (exact) mass is 216 g/mol. The maximum Gasteiger partial charge on any atom is 0.306 e. The van der Waals surface area contributed by atoms with E-state index in [1.54, 1.807) is 0 Å². The van der Waals surface area contributed by atoms with Crippen LogP contribution in [0.1, 0.15) is 48.5 Å². The van der Waals surface area contributed by atoms with Crippen LogP contribution in [-0.2, 0) is 22.4 Å². The lowest BCUT2D eigenvalue weighted by Gasteiger charge is -2.18. The van der Waals surface area contributed by atoms with Crippen molar-refractivity contribution in [2.45, 2.75) is 44.6 Å². The number of cyclic esters (lactones) is 1. The first kappa shape index (κ1) is 9.88. The second-order valence-corrected chi connectivity index (χ2v) is 4.75. The zero-order valence-electron chi connectivity index (χ0n) is 9.37. The van der Waals surface area contributed by atoms with Crippen LogP contribution in [0.5, 0.6) is 0 Å². The molecule has 0 radical (unpaired) electrons. The van der Waals surface area contributed by atoms with Crippen molar-refractivity contribution in [3.05, 3.63) is 34.9 Å². The van der Waals surface area contributed by atoms with Gasteiger partial charge in [-0.25, -0.2) is 0 Å². The SMILES string of the molecule is O=C1CCC(c2ccc3c(c2)CCCC3)O1. The van der Waals surface area contributed by atoms with Gasteiger partial charge in [-0.2, -0.15) is 0 Å². The van der Waals surface area contributed by atoms with E-state index in [4.69, 9.17) is 4.74 Å². The van der Waals surface area contributed by atoms with Crippen LogP contribution in [0.3, 0.4) is 0 Å². The van der Waals surface area contributed by atoms with Crippen molar-refractivity contribution in [1.82, 2.24) is 0 Å². The molecule has 2 aliphatic rings. The molecule has 2 nitrogen and oxygen atoms in total. The number of fused-ring (bicyclic) bond motifs is 1. The van der Waals surface area contributed by atoms with Gasteiger partial charge in [0, 0.05) is 6.42 Å². The highest BCUT2D eigenvalue weighted by atomic mass is 16.5. The summed E-state index contributed by atoms with van der Waals surface area (Å²) in [6.45, 7) is 0. The Morgan fingerprint density at radius 1 is 1.06 bits per heavy atom. The summed E-state index contributed by atoms with van der Waals surface area (Å²) in [6, 6.07) is 6.60. The number of ether oxygens (including phenoxy) is 1. The zero-order valence-corrected chi connectivity index (χ0v) is 9.37. The molecule has 1 fully saturated rings. The minimum absolute atomic E-state index is 0.0136. The largest absolute Gasteiger partial charge is 0.457 e. The van der Waals surface area contributed by atoms with Crippen molar-refractivity contribution in [2.75, 3.05) is 0 Å². The number of esters is 1. The van der Waals surface area contributed by atoms with Gasteiger partial charge < -0.3 is 4.74 Å². The lowest BCUT2D eigenvalue weighted by atomic mass is 9.89. The van der Waals surface area contributed by atoms with Gasteiger partial charge in [0.15, 0.2) is 0 Å². The third-order valence-corrected chi connectivity index (χ3v) is 3.63. The Hall–Kier alpha value is -1.31. The fraction of sp³-hybridized carbons (Fsp3) is 0.500. The van der Waals surface area contributed by atoms with E-state index in [0.717, 1.165) is 6.42 Å². The van der Waals surface area contributed by atoms with Crippen molar-refractivity contribution in [3.63, 3.8) is 0 Å². The van der Waals surface area contributed by atoms with Crippen molar-refractivity contribution in [1.29, 1.82) is 0 Å². The fourth-order valence-corrected chi connectivity index (χ4v) is 2.71. The highest BCUT2D eigenvalue weighted by molar-refractivity contribution is 5.71. The number of carbonyl (C=O) groups is 1. The minimum atomic E-state index is -0.0530. The lowest BCUT2D eigenvalue weighted by Crippen LogP contribution is -2.05. The van der Waals surface area contributed by atoms with E-state index in [9.17, 15) is 4.79 Å². The lowest BCUT2D eigenvalue weighted by molar-refractivity contribution is -0.141. The summed E-state index contributed by atoms with van der Waals surface area (Å²) in [5, 5.41) is 0. The summed E-state index contributed by atoms with van der Waals surface area (Å²) in [5.41, 5.74) is 4.14. The molecule has 84 valence electrons. The third kappa shape index (κ3) is 1.73. The molecule has 1 aromatic carbocycles. The van der Waals surface area contributed by atoms with Crippen LogP contribution < -0.4 is 0 Å². The van der Waals surface area contributed by atoms with Crippen LogP contribution in [-0.4, -0.2) is 5.97 Å². The summed E-state index contributed by atoms with van der Waals surface area (Å²) < 4.78 is 5.30. The summed E-state index contributed by atoms with van der Waals surface area (Å²) in [6.07, 6.45) is 6.43. The Labute approximate surface area is 95.6 Å². The number of hydrogen-bond acceptors (Lipinski definition) is 2. The molecular weight excluding hydrogens is 200 g/mol. The first-order valence-electron chi connectivity index (χ1n) is 6.14. The van der Waals surface area contributed by atoms with Crippen molar-refractivity contribution in [3.8, 4) is 0 Å². The molecule has 1 atom stereocenters. The van der Waals surface area contributed by atoms with E-state index < -0.39 is 0 Å². The zero-order chi connectivity index (χ0) is 11.0. The van der Waals surface area contributed by atoms with Crippen LogP contribution in [0.4, 0.5) is 0 Å². The van der Waals surface area contributed by atoms with E-state index >= 15 is 0 Å². The quantitative estimate of drug-likeness (QED) is 0.675. The van der Waals surface area contributed by atoms with E-state index in [-0.39, 0.29) is 12.1 Å². The highest BCUT2D eigenvalue weighted by Gasteiger charge is 2.25. The van der Waals surface area contributed by atoms with Crippen LogP contribution in [0, 0.1) is 0 Å². The molecular formula is C14H16O2. The molecule has 1 aromatic rings. The Morgan fingerprint density at radius 2 is 1.88 bits per heavy atom. The second-order valence-electron chi connectivity index (χ2n) is 4.75. The van der Waals surface area contributed by atoms with Gasteiger partial charge >= 0.3 is 5.97 Å². The van der Waals surface area contributed by atoms with Gasteiger partial charge in [-0.15, -0.1) is 0 Å². The number of rotatable bonds is 1. The van der Waals surface area contributed by atoms with Gasteiger partial charge in [0.25, 0.3) is 0 Å². The van der Waals surface area contributed by atoms with Crippen LogP contribution in [0.2, 0.25) is 0 Å². The number of aryl methyl sites for hydroxylation is 2. The molecule has 1 heterocycles. The molecule has 0 saturated carbocycles. The second kappa shape index (κ2) is 3.93. The van der Waals surface area contributed by atoms with Crippen molar-refractivity contribution >= 4 is 5.97 Å². The Bertz CT molecular complexity index is 423. The standard InChI is InChI=1S/C14H16O2/c15-14-8-7-13(16-14)12-6-5-10-3-1-2-4-11(10)9-12/h5-6,9,13H,1-4,7-8H2. The minimum Gasteiger partial charge on any atom is -0.457 e. The topological polar surface area (TPSA) is 26.3 Å². The predicted octanol–water partition coefficient (Wildman–Crippen LogP) is 2.94. The number of carbonyl (C=O) groups excluding carboxylic acids is 1. The van der Waals surface area contributed by atoms with Gasteiger partial charge in [-0.05, 0) is 48.8 Å². The summed E-state index contributed by atoms with van der Waals surface area (Å²) in [7, 11) is 0. The molecule has 1 unspecified atom stereocenters. The highest BCUT2D eigenvalue weighted by Crippen LogP contribution is 2.32. The Morgan fingerprint density at radius 3 is 2.62 bits per heavy atom. The van der Waals surface area contributed by atoms with Gasteiger partial charge in [0.1, 0.15) is 6.10 Å². The molecule has 2 heteroatoms. The van der Waals surface area contributed by atoms with E-state index in [0.29, 0.717) is 6.42 Å². The Balaban J connectivity index is 1.88. The van der Waals surface area contributed by atoms with Crippen molar-refractivity contribution < 1.29 is 9.53 Å². The molecule has 0 N–H and O–H groups in total. The molecule has 1 aliphatic heterocycles. The summed E-state index contributed by atoms with van der Waals surface area (Å²) in [5.74, 6) is -0.0530. The summed E-state index contributed by atoms with van der Waals surface area (Å²) >= 11 is 0. The van der Waals surface area contributed by atoms with Gasteiger partial charge in [-0.3, -0.25) is 4.79 Å². The predicted molar refractivity (Wildman–Crippen MR) is 61.2 cm³/mol. The van der Waals surface area contributed by atoms with E-state index in [2.05, 4.69) is 18.2 Å². The van der Waals surface area contributed by atoms with Crippen LogP contribution in [0.15, 0.2) is 18.2 Å². The normalized spacial score (nSPS) is 24.0. The van der Waals surface area contributed by atoms with Crippen molar-refractivity contribution in [2.24, 2.45) is 0 Å². The maximum atomic E-state index is 11.1. The molecule has 0 spiro atoms. The molecule has 0 aromatic heterocycles.